The Kier molecular flexibility index (Phi) is 6.25. The number of benzene rings is 2. The summed E-state index contributed by atoms with van der Waals surface area (Å²) in [5.41, 5.74) is 0.411. The SMILES string of the molecule is COP(=S)(OC)Oc1ccc(S(=O)(=O)Nc2ccc(Cl)cc2)cc1. The molecular weight excluding hydrogens is 393 g/mol. The molecule has 130 valence electrons. The number of hydrogen-bond donors (Lipinski definition) is 1. The minimum atomic E-state index is -3.73. The predicted molar refractivity (Wildman–Crippen MR) is 97.6 cm³/mol. The molecule has 0 spiro atoms. The molecular formula is C14H15ClNO5PS2. The summed E-state index contributed by atoms with van der Waals surface area (Å²) < 4.78 is 42.6. The van der Waals surface area contributed by atoms with Gasteiger partial charge in [-0.3, -0.25) is 4.72 Å². The highest BCUT2D eigenvalue weighted by atomic mass is 35.5. The van der Waals surface area contributed by atoms with Crippen molar-refractivity contribution in [2.24, 2.45) is 0 Å². The van der Waals surface area contributed by atoms with Gasteiger partial charge in [0, 0.05) is 36.7 Å². The third kappa shape index (κ3) is 4.92. The molecule has 24 heavy (non-hydrogen) atoms. The lowest BCUT2D eigenvalue weighted by Gasteiger charge is -2.18. The largest absolute Gasteiger partial charge is 0.424 e. The fourth-order valence-electron chi connectivity index (χ4n) is 1.69. The number of hydrogen-bond acceptors (Lipinski definition) is 6. The molecule has 0 aliphatic rings. The summed E-state index contributed by atoms with van der Waals surface area (Å²) in [5.74, 6) is 0.354. The Balaban J connectivity index is 2.17. The highest BCUT2D eigenvalue weighted by molar-refractivity contribution is 8.07. The van der Waals surface area contributed by atoms with E-state index < -0.39 is 16.7 Å². The first-order chi connectivity index (χ1) is 11.3. The van der Waals surface area contributed by atoms with Crippen LogP contribution in [0.1, 0.15) is 0 Å². The molecule has 0 aliphatic heterocycles. The smallest absolute Gasteiger partial charge is 0.380 e. The van der Waals surface area contributed by atoms with E-state index in [4.69, 9.17) is 37.0 Å². The minimum Gasteiger partial charge on any atom is -0.424 e. The van der Waals surface area contributed by atoms with E-state index in [1.54, 1.807) is 24.3 Å². The number of nitrogens with one attached hydrogen (secondary N) is 1. The zero-order valence-corrected chi connectivity index (χ0v) is 16.1. The molecule has 0 aromatic heterocycles. The second-order valence-electron chi connectivity index (χ2n) is 4.49. The summed E-state index contributed by atoms with van der Waals surface area (Å²) in [5, 5.41) is 0.520. The van der Waals surface area contributed by atoms with E-state index in [-0.39, 0.29) is 4.90 Å². The third-order valence-electron chi connectivity index (χ3n) is 2.89. The van der Waals surface area contributed by atoms with Crippen LogP contribution in [0.4, 0.5) is 5.69 Å². The normalized spacial score (nSPS) is 12.0. The van der Waals surface area contributed by atoms with E-state index in [1.807, 2.05) is 0 Å². The highest BCUT2D eigenvalue weighted by Gasteiger charge is 2.19. The fraction of sp³-hybridized carbons (Fsp3) is 0.143. The summed E-state index contributed by atoms with van der Waals surface area (Å²) >= 11 is 10.9. The zero-order valence-electron chi connectivity index (χ0n) is 12.8. The standard InChI is InChI=1S/C14H15ClNO5PS2/c1-19-22(23,20-2)21-13-7-9-14(10-8-13)24(17,18)16-12-5-3-11(15)4-6-12/h3-10,16H,1-2H3. The molecule has 0 amide bonds. The van der Waals surface area contributed by atoms with Crippen LogP contribution in [0.5, 0.6) is 5.75 Å². The molecule has 0 saturated carbocycles. The summed E-state index contributed by atoms with van der Waals surface area (Å²) in [6.45, 7) is -2.86. The lowest BCUT2D eigenvalue weighted by Crippen LogP contribution is -2.12. The van der Waals surface area contributed by atoms with Crippen LogP contribution < -0.4 is 9.25 Å². The number of rotatable bonds is 7. The fourth-order valence-corrected chi connectivity index (χ4v) is 3.81. The third-order valence-corrected chi connectivity index (χ3v) is 6.99. The van der Waals surface area contributed by atoms with Crippen molar-refractivity contribution in [2.45, 2.75) is 4.90 Å². The minimum absolute atomic E-state index is 0.0768. The van der Waals surface area contributed by atoms with Crippen LogP contribution in [0, 0.1) is 0 Å². The molecule has 0 heterocycles. The molecule has 0 atom stereocenters. The van der Waals surface area contributed by atoms with E-state index in [0.717, 1.165) is 0 Å². The van der Waals surface area contributed by atoms with Crippen molar-refractivity contribution in [3.8, 4) is 5.75 Å². The summed E-state index contributed by atoms with van der Waals surface area (Å²) in [4.78, 5) is 0.0768. The van der Waals surface area contributed by atoms with Crippen LogP contribution in [0.3, 0.4) is 0 Å². The summed E-state index contributed by atoms with van der Waals surface area (Å²) in [7, 11) is -0.950. The molecule has 0 saturated heterocycles. The van der Waals surface area contributed by atoms with Crippen LogP contribution in [-0.2, 0) is 30.9 Å². The van der Waals surface area contributed by atoms with Crippen molar-refractivity contribution in [3.63, 3.8) is 0 Å². The Morgan fingerprint density at radius 2 is 1.54 bits per heavy atom. The summed E-state index contributed by atoms with van der Waals surface area (Å²) in [6.07, 6.45) is 0. The van der Waals surface area contributed by atoms with E-state index in [0.29, 0.717) is 16.5 Å². The van der Waals surface area contributed by atoms with Crippen molar-refractivity contribution < 1.29 is 22.0 Å². The molecule has 2 aromatic rings. The van der Waals surface area contributed by atoms with Crippen LogP contribution in [0.15, 0.2) is 53.4 Å². The molecule has 0 fully saturated rings. The van der Waals surface area contributed by atoms with E-state index in [2.05, 4.69) is 4.72 Å². The van der Waals surface area contributed by atoms with Gasteiger partial charge in [-0.15, -0.1) is 0 Å². The molecule has 2 rings (SSSR count). The van der Waals surface area contributed by atoms with Gasteiger partial charge in [0.15, 0.2) is 0 Å². The van der Waals surface area contributed by atoms with E-state index in [9.17, 15) is 8.42 Å². The van der Waals surface area contributed by atoms with E-state index >= 15 is 0 Å². The Morgan fingerprint density at radius 3 is 2.04 bits per heavy atom. The van der Waals surface area contributed by atoms with Crippen molar-refractivity contribution in [2.75, 3.05) is 18.9 Å². The van der Waals surface area contributed by atoms with Gasteiger partial charge in [-0.05, 0) is 48.5 Å². The molecule has 0 bridgehead atoms. The van der Waals surface area contributed by atoms with Gasteiger partial charge in [0.2, 0.25) is 0 Å². The van der Waals surface area contributed by atoms with Gasteiger partial charge >= 0.3 is 6.72 Å². The average molecular weight is 408 g/mol. The Labute approximate surface area is 151 Å². The molecule has 6 nitrogen and oxygen atoms in total. The quantitative estimate of drug-likeness (QED) is 0.698. The lowest BCUT2D eigenvalue weighted by molar-refractivity contribution is 0.273. The Bertz CT molecular complexity index is 832. The van der Waals surface area contributed by atoms with Crippen LogP contribution in [0.25, 0.3) is 0 Å². The van der Waals surface area contributed by atoms with Crippen molar-refractivity contribution >= 4 is 45.8 Å². The molecule has 0 aliphatic carbocycles. The van der Waals surface area contributed by atoms with Crippen molar-refractivity contribution in [1.29, 1.82) is 0 Å². The Hall–Kier alpha value is -1.15. The second kappa shape index (κ2) is 7.82. The number of sulfonamides is 1. The van der Waals surface area contributed by atoms with Gasteiger partial charge in [-0.25, -0.2) is 8.42 Å². The molecule has 0 unspecified atom stereocenters. The van der Waals surface area contributed by atoms with E-state index in [1.165, 1.54) is 38.5 Å². The van der Waals surface area contributed by atoms with Gasteiger partial charge in [0.1, 0.15) is 5.75 Å². The molecule has 2 aromatic carbocycles. The molecule has 10 heteroatoms. The first-order valence-corrected chi connectivity index (χ1v) is 11.0. The Morgan fingerprint density at radius 1 is 1.00 bits per heavy atom. The topological polar surface area (TPSA) is 73.9 Å². The summed E-state index contributed by atoms with van der Waals surface area (Å²) in [6, 6.07) is 12.1. The first kappa shape index (κ1) is 19.2. The second-order valence-corrected chi connectivity index (χ2v) is 9.76. The maximum absolute atomic E-state index is 12.3. The number of anilines is 1. The average Bonchev–Trinajstić information content (AvgIpc) is 2.57. The maximum atomic E-state index is 12.3. The van der Waals surface area contributed by atoms with Gasteiger partial charge in [0.05, 0.1) is 4.90 Å². The van der Waals surface area contributed by atoms with Crippen LogP contribution in [0.2, 0.25) is 5.02 Å². The highest BCUT2D eigenvalue weighted by Crippen LogP contribution is 2.48. The molecule has 1 N–H and O–H groups in total. The number of halogens is 1. The predicted octanol–water partition coefficient (Wildman–Crippen LogP) is 4.04. The molecule has 0 radical (unpaired) electrons. The van der Waals surface area contributed by atoms with Gasteiger partial charge in [-0.2, -0.15) is 0 Å². The first-order valence-electron chi connectivity index (χ1n) is 6.57. The van der Waals surface area contributed by atoms with Gasteiger partial charge < -0.3 is 13.6 Å². The lowest BCUT2D eigenvalue weighted by atomic mass is 10.3. The zero-order chi connectivity index (χ0) is 17.8. The van der Waals surface area contributed by atoms with Crippen LogP contribution in [-0.4, -0.2) is 22.6 Å². The van der Waals surface area contributed by atoms with Crippen molar-refractivity contribution in [1.82, 2.24) is 0 Å². The maximum Gasteiger partial charge on any atom is 0.380 e. The van der Waals surface area contributed by atoms with Gasteiger partial charge in [-0.1, -0.05) is 11.6 Å². The van der Waals surface area contributed by atoms with Crippen LogP contribution >= 0.6 is 18.3 Å². The monoisotopic (exact) mass is 407 g/mol. The van der Waals surface area contributed by atoms with Gasteiger partial charge in [0.25, 0.3) is 10.0 Å². The van der Waals surface area contributed by atoms with Crippen molar-refractivity contribution in [3.05, 3.63) is 53.6 Å².